The minimum Gasteiger partial charge on any atom is -0.369 e. The number of primary amides is 1. The van der Waals surface area contributed by atoms with Crippen molar-refractivity contribution in [2.24, 2.45) is 11.7 Å². The van der Waals surface area contributed by atoms with Crippen LogP contribution in [-0.2, 0) is 9.59 Å². The Bertz CT molecular complexity index is 1010. The van der Waals surface area contributed by atoms with E-state index in [1.807, 2.05) is 15.6 Å². The summed E-state index contributed by atoms with van der Waals surface area (Å²) in [5.74, 6) is 1.37. The van der Waals surface area contributed by atoms with Crippen LogP contribution in [0.15, 0.2) is 18.6 Å². The summed E-state index contributed by atoms with van der Waals surface area (Å²) >= 11 is 0. The molecule has 0 unspecified atom stereocenters. The van der Waals surface area contributed by atoms with Crippen LogP contribution >= 0.6 is 0 Å². The lowest BCUT2D eigenvalue weighted by atomic mass is 9.78. The van der Waals surface area contributed by atoms with Crippen molar-refractivity contribution in [3.05, 3.63) is 24.2 Å². The molecule has 2 aliphatic carbocycles. The third kappa shape index (κ3) is 4.76. The van der Waals surface area contributed by atoms with Gasteiger partial charge in [0.25, 0.3) is 0 Å². The normalized spacial score (nSPS) is 28.7. The van der Waals surface area contributed by atoms with E-state index in [9.17, 15) is 9.59 Å². The third-order valence-electron chi connectivity index (χ3n) is 8.37. The van der Waals surface area contributed by atoms with E-state index in [0.717, 1.165) is 76.0 Å². The zero-order valence-electron chi connectivity index (χ0n) is 20.2. The Kier molecular flexibility index (Phi) is 6.72. The fraction of sp³-hybridized carbons (Fsp3) is 0.680. The van der Waals surface area contributed by atoms with Crippen LogP contribution in [0.5, 0.6) is 0 Å². The van der Waals surface area contributed by atoms with E-state index in [0.29, 0.717) is 18.0 Å². The summed E-state index contributed by atoms with van der Waals surface area (Å²) in [6.07, 6.45) is 11.9. The molecule has 5 rings (SSSR count). The summed E-state index contributed by atoms with van der Waals surface area (Å²) in [7, 11) is 0. The molecule has 2 saturated carbocycles. The van der Waals surface area contributed by atoms with Crippen LogP contribution in [0.25, 0.3) is 5.52 Å². The lowest BCUT2D eigenvalue weighted by Crippen LogP contribution is -2.52. The Morgan fingerprint density at radius 2 is 1.71 bits per heavy atom. The van der Waals surface area contributed by atoms with Gasteiger partial charge in [-0.3, -0.25) is 14.5 Å². The first-order chi connectivity index (χ1) is 16.5. The average molecular weight is 468 g/mol. The number of piperazine rings is 1. The van der Waals surface area contributed by atoms with Crippen molar-refractivity contribution in [2.45, 2.75) is 76.3 Å². The SMILES string of the molecule is CC(=O)N1CCN(C2CCC(Nc3ncnn4ccc(C5CCC(C(N)=O)CC5)c34)CC2)CC1. The first-order valence-corrected chi connectivity index (χ1v) is 12.9. The number of carbonyl (C=O) groups excluding carboxylic acids is 2. The van der Waals surface area contributed by atoms with Crippen LogP contribution in [0.1, 0.15) is 69.8 Å². The van der Waals surface area contributed by atoms with Crippen LogP contribution < -0.4 is 11.1 Å². The van der Waals surface area contributed by atoms with E-state index in [1.165, 1.54) is 18.4 Å². The van der Waals surface area contributed by atoms with Gasteiger partial charge in [0.15, 0.2) is 5.82 Å². The van der Waals surface area contributed by atoms with Gasteiger partial charge in [-0.25, -0.2) is 9.50 Å². The molecular weight excluding hydrogens is 430 g/mol. The van der Waals surface area contributed by atoms with Crippen LogP contribution in [0.3, 0.4) is 0 Å². The average Bonchev–Trinajstić information content (AvgIpc) is 3.30. The second kappa shape index (κ2) is 9.90. The highest BCUT2D eigenvalue weighted by Gasteiger charge is 2.31. The number of rotatable bonds is 5. The molecule has 1 aliphatic heterocycles. The first-order valence-electron chi connectivity index (χ1n) is 12.9. The van der Waals surface area contributed by atoms with Gasteiger partial charge < -0.3 is 16.0 Å². The Hall–Kier alpha value is -2.68. The number of fused-ring (bicyclic) bond motifs is 1. The van der Waals surface area contributed by atoms with Gasteiger partial charge in [0.2, 0.25) is 11.8 Å². The molecule has 2 amide bonds. The second-order valence-corrected chi connectivity index (χ2v) is 10.3. The summed E-state index contributed by atoms with van der Waals surface area (Å²) in [5, 5.41) is 8.19. The molecule has 3 N–H and O–H groups in total. The van der Waals surface area contributed by atoms with Gasteiger partial charge >= 0.3 is 0 Å². The summed E-state index contributed by atoms with van der Waals surface area (Å²) in [6, 6.07) is 3.19. The predicted molar refractivity (Wildman–Crippen MR) is 130 cm³/mol. The molecule has 2 aromatic heterocycles. The topological polar surface area (TPSA) is 109 Å². The minimum absolute atomic E-state index is 0.0135. The molecule has 9 heteroatoms. The molecular formula is C25H37N7O2. The van der Waals surface area contributed by atoms with Gasteiger partial charge in [-0.2, -0.15) is 5.10 Å². The molecule has 0 radical (unpaired) electrons. The first kappa shape index (κ1) is 23.1. The third-order valence-corrected chi connectivity index (χ3v) is 8.37. The second-order valence-electron chi connectivity index (χ2n) is 10.3. The quantitative estimate of drug-likeness (QED) is 0.699. The maximum absolute atomic E-state index is 11.6. The summed E-state index contributed by atoms with van der Waals surface area (Å²) in [6.45, 7) is 5.34. The van der Waals surface area contributed by atoms with Gasteiger partial charge in [-0.1, -0.05) is 0 Å². The fourth-order valence-electron chi connectivity index (χ4n) is 6.28. The largest absolute Gasteiger partial charge is 0.369 e. The number of anilines is 1. The van der Waals surface area contributed by atoms with Crippen LogP contribution in [0, 0.1) is 5.92 Å². The monoisotopic (exact) mass is 467 g/mol. The van der Waals surface area contributed by atoms with Crippen LogP contribution in [0.4, 0.5) is 5.82 Å². The number of nitrogens with one attached hydrogen (secondary N) is 1. The molecule has 0 atom stereocenters. The zero-order valence-corrected chi connectivity index (χ0v) is 20.2. The van der Waals surface area contributed by atoms with Gasteiger partial charge in [-0.15, -0.1) is 0 Å². The van der Waals surface area contributed by atoms with Gasteiger partial charge in [0, 0.05) is 57.3 Å². The van der Waals surface area contributed by atoms with Crippen molar-refractivity contribution >= 4 is 23.1 Å². The Morgan fingerprint density at radius 1 is 1.00 bits per heavy atom. The van der Waals surface area contributed by atoms with Crippen molar-refractivity contribution in [3.63, 3.8) is 0 Å². The van der Waals surface area contributed by atoms with E-state index in [-0.39, 0.29) is 17.7 Å². The number of nitrogens with zero attached hydrogens (tertiary/aromatic N) is 5. The van der Waals surface area contributed by atoms with Crippen molar-refractivity contribution in [2.75, 3.05) is 31.5 Å². The molecule has 0 spiro atoms. The van der Waals surface area contributed by atoms with Crippen molar-refractivity contribution in [1.29, 1.82) is 0 Å². The molecule has 3 heterocycles. The van der Waals surface area contributed by atoms with Crippen LogP contribution in [-0.4, -0.2) is 74.5 Å². The van der Waals surface area contributed by atoms with E-state index < -0.39 is 0 Å². The lowest BCUT2D eigenvalue weighted by molar-refractivity contribution is -0.131. The number of aromatic nitrogens is 3. The molecule has 3 aliphatic rings. The van der Waals surface area contributed by atoms with Gasteiger partial charge in [0.05, 0.1) is 0 Å². The molecule has 0 bridgehead atoms. The van der Waals surface area contributed by atoms with Crippen molar-refractivity contribution in [3.8, 4) is 0 Å². The molecule has 0 aromatic carbocycles. The fourth-order valence-corrected chi connectivity index (χ4v) is 6.28. The smallest absolute Gasteiger partial charge is 0.220 e. The molecule has 9 nitrogen and oxygen atoms in total. The molecule has 1 saturated heterocycles. The highest BCUT2D eigenvalue weighted by Crippen LogP contribution is 2.39. The number of amides is 2. The molecule has 3 fully saturated rings. The maximum Gasteiger partial charge on any atom is 0.220 e. The predicted octanol–water partition coefficient (Wildman–Crippen LogP) is 2.38. The zero-order chi connectivity index (χ0) is 23.7. The Balaban J connectivity index is 1.21. The molecule has 184 valence electrons. The highest BCUT2D eigenvalue weighted by molar-refractivity contribution is 5.77. The summed E-state index contributed by atoms with van der Waals surface area (Å²) < 4.78 is 1.94. The highest BCUT2D eigenvalue weighted by atomic mass is 16.2. The van der Waals surface area contributed by atoms with E-state index in [4.69, 9.17) is 5.73 Å². The Labute approximate surface area is 201 Å². The van der Waals surface area contributed by atoms with E-state index in [2.05, 4.69) is 26.4 Å². The maximum atomic E-state index is 11.6. The number of hydrogen-bond acceptors (Lipinski definition) is 6. The van der Waals surface area contributed by atoms with E-state index >= 15 is 0 Å². The lowest BCUT2D eigenvalue weighted by Gasteiger charge is -2.42. The summed E-state index contributed by atoms with van der Waals surface area (Å²) in [5.41, 5.74) is 7.89. The van der Waals surface area contributed by atoms with E-state index in [1.54, 1.807) is 13.3 Å². The van der Waals surface area contributed by atoms with Crippen molar-refractivity contribution < 1.29 is 9.59 Å². The number of nitrogens with two attached hydrogens (primary N) is 1. The van der Waals surface area contributed by atoms with Gasteiger partial charge in [0.1, 0.15) is 11.8 Å². The standard InChI is InChI=1S/C25H37N7O2/c1-17(33)30-12-14-31(15-13-30)21-8-6-20(7-9-21)29-25-23-22(10-11-32(23)28-16-27-25)18-2-4-19(5-3-18)24(26)34/h10-11,16,18-21H,2-9,12-15H2,1H3,(H2,26,34)(H,27,28,29). The number of hydrogen-bond donors (Lipinski definition) is 2. The van der Waals surface area contributed by atoms with Gasteiger partial charge in [-0.05, 0) is 68.9 Å². The molecule has 34 heavy (non-hydrogen) atoms. The van der Waals surface area contributed by atoms with Crippen LogP contribution in [0.2, 0.25) is 0 Å². The summed E-state index contributed by atoms with van der Waals surface area (Å²) in [4.78, 5) is 32.4. The van der Waals surface area contributed by atoms with Crippen molar-refractivity contribution in [1.82, 2.24) is 24.4 Å². The molecule has 2 aromatic rings. The number of carbonyl (C=O) groups is 2. The Morgan fingerprint density at radius 3 is 2.35 bits per heavy atom. The minimum atomic E-state index is -0.165.